The average molecular weight is 529 g/mol. The fourth-order valence-corrected chi connectivity index (χ4v) is 5.88. The minimum absolute atomic E-state index is 0.0500. The number of nitrogens with zero attached hydrogens (tertiary/aromatic N) is 4. The molecule has 0 bridgehead atoms. The number of morpholine rings is 1. The molecule has 2 aliphatic carbocycles. The third-order valence-electron chi connectivity index (χ3n) is 8.11. The average Bonchev–Trinajstić information content (AvgIpc) is 3.70. The maximum Gasteiger partial charge on any atom is 0.185 e. The van der Waals surface area contributed by atoms with Gasteiger partial charge in [-0.15, -0.1) is 0 Å². The molecule has 200 valence electrons. The van der Waals surface area contributed by atoms with Crippen LogP contribution in [-0.2, 0) is 4.74 Å². The molecule has 0 N–H and O–H groups in total. The van der Waals surface area contributed by atoms with Gasteiger partial charge >= 0.3 is 0 Å². The first kappa shape index (κ1) is 25.0. The topological polar surface area (TPSA) is 60.2 Å². The van der Waals surface area contributed by atoms with Crippen molar-refractivity contribution in [2.24, 2.45) is 5.92 Å². The van der Waals surface area contributed by atoms with Gasteiger partial charge in [0, 0.05) is 48.3 Å². The highest BCUT2D eigenvalue weighted by atomic mass is 16.5. The molecule has 1 aliphatic heterocycles. The van der Waals surface area contributed by atoms with Crippen LogP contribution in [0.5, 0.6) is 0 Å². The first-order valence-corrected chi connectivity index (χ1v) is 14.2. The quantitative estimate of drug-likeness (QED) is 0.188. The van der Waals surface area contributed by atoms with Crippen molar-refractivity contribution >= 4 is 22.4 Å². The Hall–Kier alpha value is -4.03. The highest BCUT2D eigenvalue weighted by molar-refractivity contribution is 6.14. The van der Waals surface area contributed by atoms with E-state index in [-0.39, 0.29) is 5.78 Å². The van der Waals surface area contributed by atoms with Gasteiger partial charge < -0.3 is 9.64 Å². The van der Waals surface area contributed by atoms with Crippen LogP contribution >= 0.6 is 0 Å². The molecule has 2 radical (unpaired) electrons. The molecule has 4 aromatic rings. The van der Waals surface area contributed by atoms with Gasteiger partial charge in [-0.25, -0.2) is 9.67 Å². The minimum Gasteiger partial charge on any atom is -0.378 e. The first-order chi connectivity index (χ1) is 19.6. The van der Waals surface area contributed by atoms with Gasteiger partial charge in [-0.3, -0.25) is 4.79 Å². The number of hydrogen-bond acceptors (Lipinski definition) is 5. The summed E-state index contributed by atoms with van der Waals surface area (Å²) in [6.45, 7) is 5.11. The van der Waals surface area contributed by atoms with Gasteiger partial charge in [0.2, 0.25) is 0 Å². The van der Waals surface area contributed by atoms with E-state index in [9.17, 15) is 4.79 Å². The van der Waals surface area contributed by atoms with E-state index >= 15 is 0 Å². The molecule has 7 rings (SSSR count). The molecule has 40 heavy (non-hydrogen) atoms. The van der Waals surface area contributed by atoms with Gasteiger partial charge in [-0.05, 0) is 80.0 Å². The van der Waals surface area contributed by atoms with E-state index in [1.165, 1.54) is 5.56 Å². The molecule has 2 aromatic carbocycles. The lowest BCUT2D eigenvalue weighted by atomic mass is 9.98. The van der Waals surface area contributed by atoms with Gasteiger partial charge in [0.25, 0.3) is 0 Å². The summed E-state index contributed by atoms with van der Waals surface area (Å²) in [6, 6.07) is 14.5. The lowest BCUT2D eigenvalue weighted by Gasteiger charge is -2.30. The largest absolute Gasteiger partial charge is 0.378 e. The van der Waals surface area contributed by atoms with Crippen molar-refractivity contribution in [3.63, 3.8) is 0 Å². The molecule has 0 saturated carbocycles. The zero-order valence-electron chi connectivity index (χ0n) is 22.8. The molecular formula is C34H32N4O2. The van der Waals surface area contributed by atoms with Crippen LogP contribution in [0, 0.1) is 25.3 Å². The standard InChI is InChI=1S/C34H32N4O2/c1-23-7-6-10-25(19-23)29-13-14-38(36-29)33-22-31(37-15-17-40-18-16-37)34-28-20-26(28)27(21-30(34)35-33)32(39)12-11-24-8-4-2-3-5-9-24/h2,6-7,10-14,19-22,24H,4-5,8-9,15-18H2,1H3/b12-11+. The number of fused-ring (bicyclic) bond motifs is 3. The maximum atomic E-state index is 13.4. The summed E-state index contributed by atoms with van der Waals surface area (Å²) in [4.78, 5) is 20.8. The highest BCUT2D eigenvalue weighted by Crippen LogP contribution is 2.45. The number of ketones is 1. The Balaban J connectivity index is 1.28. The molecule has 1 atom stereocenters. The SMILES string of the molecule is Cc1cccc(-c2ccn(-c3cc(N4CCOCC4)c4c5c(c(C(=O)/C=C/C6CC[C]=CCC6)cc4n3)[CH]5)n2)c1. The zero-order chi connectivity index (χ0) is 27.1. The minimum atomic E-state index is 0.0500. The fraction of sp³-hybridized carbons (Fsp3) is 0.294. The molecule has 2 aromatic heterocycles. The Bertz CT molecular complexity index is 1650. The molecule has 6 nitrogen and oxygen atoms in total. The Labute approximate surface area is 235 Å². The molecular weight excluding hydrogens is 496 g/mol. The number of aromatic nitrogens is 3. The number of benzene rings is 2. The third-order valence-corrected chi connectivity index (χ3v) is 8.11. The molecule has 3 aliphatic rings. The molecule has 6 heteroatoms. The second-order valence-electron chi connectivity index (χ2n) is 10.9. The van der Waals surface area contributed by atoms with Gasteiger partial charge in [-0.2, -0.15) is 5.10 Å². The number of carbonyl (C=O) groups excluding carboxylic acids is 1. The number of hydrogen-bond donors (Lipinski definition) is 0. The number of aryl methyl sites for hydroxylation is 1. The molecule has 1 unspecified atom stereocenters. The summed E-state index contributed by atoms with van der Waals surface area (Å²) in [7, 11) is 0. The summed E-state index contributed by atoms with van der Waals surface area (Å²) in [5, 5.41) is 5.99. The van der Waals surface area contributed by atoms with Crippen molar-refractivity contribution in [1.29, 1.82) is 0 Å². The number of rotatable bonds is 6. The Kier molecular flexibility index (Phi) is 6.56. The van der Waals surface area contributed by atoms with Crippen LogP contribution in [0.15, 0.2) is 66.9 Å². The lowest BCUT2D eigenvalue weighted by molar-refractivity contribution is 0.104. The number of ether oxygens (including phenoxy) is 1. The van der Waals surface area contributed by atoms with Crippen LogP contribution in [0.1, 0.15) is 52.7 Å². The van der Waals surface area contributed by atoms with E-state index in [4.69, 9.17) is 14.8 Å². The van der Waals surface area contributed by atoms with Crippen molar-refractivity contribution < 1.29 is 9.53 Å². The van der Waals surface area contributed by atoms with E-state index in [0.717, 1.165) is 89.1 Å². The molecule has 3 heterocycles. The van der Waals surface area contributed by atoms with Crippen molar-refractivity contribution in [2.45, 2.75) is 32.6 Å². The Morgan fingerprint density at radius 1 is 1.10 bits per heavy atom. The normalized spacial score (nSPS) is 17.4. The van der Waals surface area contributed by atoms with E-state index in [0.29, 0.717) is 19.1 Å². The van der Waals surface area contributed by atoms with Gasteiger partial charge in [0.05, 0.1) is 30.1 Å². The predicted molar refractivity (Wildman–Crippen MR) is 158 cm³/mol. The summed E-state index contributed by atoms with van der Waals surface area (Å²) in [5.41, 5.74) is 8.03. The van der Waals surface area contributed by atoms with Crippen molar-refractivity contribution in [3.8, 4) is 17.1 Å². The monoisotopic (exact) mass is 528 g/mol. The molecule has 0 amide bonds. The first-order valence-electron chi connectivity index (χ1n) is 14.2. The van der Waals surface area contributed by atoms with E-state index < -0.39 is 0 Å². The van der Waals surface area contributed by atoms with Crippen LogP contribution in [0.25, 0.3) is 28.0 Å². The molecule has 1 saturated heterocycles. The van der Waals surface area contributed by atoms with Crippen molar-refractivity contribution in [3.05, 3.63) is 102 Å². The molecule has 1 fully saturated rings. The maximum absolute atomic E-state index is 13.4. The van der Waals surface area contributed by atoms with Gasteiger partial charge in [0.1, 0.15) is 0 Å². The van der Waals surface area contributed by atoms with E-state index in [1.807, 2.05) is 23.0 Å². The smallest absolute Gasteiger partial charge is 0.185 e. The van der Waals surface area contributed by atoms with Gasteiger partial charge in [-0.1, -0.05) is 35.9 Å². The van der Waals surface area contributed by atoms with Crippen LogP contribution in [-0.4, -0.2) is 46.9 Å². The number of carbonyl (C=O) groups is 1. The number of allylic oxidation sites excluding steroid dienone is 4. The van der Waals surface area contributed by atoms with E-state index in [2.05, 4.69) is 66.8 Å². The van der Waals surface area contributed by atoms with Crippen LogP contribution in [0.2, 0.25) is 0 Å². The van der Waals surface area contributed by atoms with Crippen LogP contribution in [0.4, 0.5) is 5.69 Å². The summed E-state index contributed by atoms with van der Waals surface area (Å²) in [5.74, 6) is 1.21. The van der Waals surface area contributed by atoms with Crippen molar-refractivity contribution in [2.75, 3.05) is 31.2 Å². The van der Waals surface area contributed by atoms with E-state index in [1.54, 1.807) is 6.08 Å². The second-order valence-corrected chi connectivity index (χ2v) is 10.9. The molecule has 0 spiro atoms. The number of pyridine rings is 1. The number of anilines is 1. The zero-order valence-corrected chi connectivity index (χ0v) is 22.8. The van der Waals surface area contributed by atoms with Gasteiger partial charge in [0.15, 0.2) is 11.6 Å². The predicted octanol–water partition coefficient (Wildman–Crippen LogP) is 6.44. The second kappa shape index (κ2) is 10.5. The van der Waals surface area contributed by atoms with Crippen LogP contribution in [0.3, 0.4) is 0 Å². The van der Waals surface area contributed by atoms with Crippen LogP contribution < -0.4 is 4.90 Å². The third kappa shape index (κ3) is 4.88. The Morgan fingerprint density at radius 3 is 2.88 bits per heavy atom. The highest BCUT2D eigenvalue weighted by Gasteiger charge is 2.31. The summed E-state index contributed by atoms with van der Waals surface area (Å²) >= 11 is 0. The summed E-state index contributed by atoms with van der Waals surface area (Å²) in [6.07, 6.45) is 17.5. The fourth-order valence-electron chi connectivity index (χ4n) is 5.88. The summed E-state index contributed by atoms with van der Waals surface area (Å²) < 4.78 is 7.49. The Morgan fingerprint density at radius 2 is 2.00 bits per heavy atom. The van der Waals surface area contributed by atoms with Crippen molar-refractivity contribution in [1.82, 2.24) is 14.8 Å². The lowest BCUT2D eigenvalue weighted by Crippen LogP contribution is -2.36.